The Balaban J connectivity index is 1.88. The Hall–Kier alpha value is -1.87. The summed E-state index contributed by atoms with van der Waals surface area (Å²) >= 11 is 11.7. The van der Waals surface area contributed by atoms with Gasteiger partial charge in [-0.2, -0.15) is 0 Å². The van der Waals surface area contributed by atoms with Crippen molar-refractivity contribution in [2.75, 3.05) is 18.4 Å². The smallest absolute Gasteiger partial charge is 0.293 e. The molecule has 10 heteroatoms. The van der Waals surface area contributed by atoms with Gasteiger partial charge in [0.15, 0.2) is 0 Å². The average molecular weight is 404 g/mol. The van der Waals surface area contributed by atoms with Gasteiger partial charge in [-0.15, -0.1) is 0 Å². The molecule has 0 spiro atoms. The Bertz CT molecular complexity index is 858. The number of nitrogens with zero attached hydrogens (tertiary/aromatic N) is 1. The first-order valence-electron chi connectivity index (χ1n) is 7.23. The second-order valence-electron chi connectivity index (χ2n) is 5.02. The van der Waals surface area contributed by atoms with Gasteiger partial charge >= 0.3 is 0 Å². The summed E-state index contributed by atoms with van der Waals surface area (Å²) in [6.45, 7) is 0.476. The van der Waals surface area contributed by atoms with E-state index in [1.54, 1.807) is 6.07 Å². The second-order valence-corrected chi connectivity index (χ2v) is 7.63. The fourth-order valence-corrected chi connectivity index (χ4v) is 3.48. The predicted octanol–water partition coefficient (Wildman–Crippen LogP) is 3.68. The van der Waals surface area contributed by atoms with Crippen molar-refractivity contribution in [3.8, 4) is 0 Å². The maximum absolute atomic E-state index is 12.1. The number of rotatable bonds is 8. The minimum Gasteiger partial charge on any atom is -0.378 e. The standard InChI is InChI=1S/C15H15Cl2N3O4S/c16-11-5-7-12(8-6-11)25(23,24)19-10-2-9-18-15-13(17)3-1-4-14(15)20(21)22/h1,3-8,18-19H,2,9-10H2. The minimum absolute atomic E-state index is 0.117. The van der Waals surface area contributed by atoms with Crippen LogP contribution in [-0.4, -0.2) is 26.4 Å². The average Bonchev–Trinajstić information content (AvgIpc) is 2.56. The van der Waals surface area contributed by atoms with Crippen LogP contribution in [0.15, 0.2) is 47.4 Å². The highest BCUT2D eigenvalue weighted by Crippen LogP contribution is 2.31. The SMILES string of the molecule is O=[N+]([O-])c1cccc(Cl)c1NCCCNS(=O)(=O)c1ccc(Cl)cc1. The lowest BCUT2D eigenvalue weighted by atomic mass is 10.2. The molecule has 0 saturated heterocycles. The molecule has 0 atom stereocenters. The van der Waals surface area contributed by atoms with E-state index in [2.05, 4.69) is 10.0 Å². The number of halogens is 2. The number of nitrogens with one attached hydrogen (secondary N) is 2. The van der Waals surface area contributed by atoms with Crippen LogP contribution in [0.5, 0.6) is 0 Å². The van der Waals surface area contributed by atoms with Crippen LogP contribution in [0.3, 0.4) is 0 Å². The van der Waals surface area contributed by atoms with E-state index in [0.717, 1.165) is 0 Å². The molecule has 0 saturated carbocycles. The van der Waals surface area contributed by atoms with Crippen molar-refractivity contribution < 1.29 is 13.3 Å². The number of hydrogen-bond donors (Lipinski definition) is 2. The molecular weight excluding hydrogens is 389 g/mol. The summed E-state index contributed by atoms with van der Waals surface area (Å²) in [7, 11) is -3.62. The predicted molar refractivity (Wildman–Crippen MR) is 97.9 cm³/mol. The van der Waals surface area contributed by atoms with E-state index in [0.29, 0.717) is 18.0 Å². The third-order valence-corrected chi connectivity index (χ3v) is 5.30. The van der Waals surface area contributed by atoms with Gasteiger partial charge in [0.05, 0.1) is 14.8 Å². The first-order valence-corrected chi connectivity index (χ1v) is 9.47. The molecule has 0 aliphatic carbocycles. The van der Waals surface area contributed by atoms with Crippen molar-refractivity contribution in [1.82, 2.24) is 4.72 Å². The van der Waals surface area contributed by atoms with Gasteiger partial charge in [-0.05, 0) is 36.8 Å². The molecular formula is C15H15Cl2N3O4S. The van der Waals surface area contributed by atoms with Crippen LogP contribution in [0.25, 0.3) is 0 Å². The molecule has 2 rings (SSSR count). The summed E-state index contributed by atoms with van der Waals surface area (Å²) in [5.41, 5.74) is 0.0870. The summed E-state index contributed by atoms with van der Waals surface area (Å²) in [5, 5.41) is 14.5. The molecule has 0 heterocycles. The molecule has 0 aliphatic rings. The molecule has 0 unspecified atom stereocenters. The van der Waals surface area contributed by atoms with Crippen molar-refractivity contribution >= 4 is 44.6 Å². The third-order valence-electron chi connectivity index (χ3n) is 3.26. The number of anilines is 1. The maximum Gasteiger partial charge on any atom is 0.293 e. The van der Waals surface area contributed by atoms with E-state index >= 15 is 0 Å². The Morgan fingerprint density at radius 2 is 1.72 bits per heavy atom. The number of hydrogen-bond acceptors (Lipinski definition) is 5. The molecule has 0 aliphatic heterocycles. The van der Waals surface area contributed by atoms with Gasteiger partial charge in [-0.25, -0.2) is 13.1 Å². The lowest BCUT2D eigenvalue weighted by Crippen LogP contribution is -2.26. The quantitative estimate of drug-likeness (QED) is 0.397. The lowest BCUT2D eigenvalue weighted by Gasteiger charge is -2.10. The van der Waals surface area contributed by atoms with Crippen LogP contribution in [0.4, 0.5) is 11.4 Å². The van der Waals surface area contributed by atoms with E-state index in [4.69, 9.17) is 23.2 Å². The van der Waals surface area contributed by atoms with Gasteiger partial charge < -0.3 is 5.32 Å². The molecule has 2 N–H and O–H groups in total. The Morgan fingerprint density at radius 1 is 1.04 bits per heavy atom. The fourth-order valence-electron chi connectivity index (χ4n) is 2.05. The zero-order valence-electron chi connectivity index (χ0n) is 12.9. The molecule has 134 valence electrons. The Morgan fingerprint density at radius 3 is 2.36 bits per heavy atom. The Labute approximate surface area is 155 Å². The van der Waals surface area contributed by atoms with Crippen LogP contribution < -0.4 is 10.0 Å². The van der Waals surface area contributed by atoms with Crippen LogP contribution in [0, 0.1) is 10.1 Å². The van der Waals surface area contributed by atoms with Gasteiger partial charge in [-0.3, -0.25) is 10.1 Å². The molecule has 7 nitrogen and oxygen atoms in total. The largest absolute Gasteiger partial charge is 0.378 e. The van der Waals surface area contributed by atoms with Gasteiger partial charge in [-0.1, -0.05) is 29.3 Å². The highest BCUT2D eigenvalue weighted by atomic mass is 35.5. The molecule has 2 aromatic carbocycles. The third kappa shape index (κ3) is 5.30. The minimum atomic E-state index is -3.62. The van der Waals surface area contributed by atoms with Crippen molar-refractivity contribution in [2.24, 2.45) is 0 Å². The van der Waals surface area contributed by atoms with E-state index in [-0.39, 0.29) is 27.8 Å². The zero-order chi connectivity index (χ0) is 18.4. The highest BCUT2D eigenvalue weighted by molar-refractivity contribution is 7.89. The van der Waals surface area contributed by atoms with Gasteiger partial charge in [0.1, 0.15) is 5.69 Å². The van der Waals surface area contributed by atoms with Crippen molar-refractivity contribution in [2.45, 2.75) is 11.3 Å². The highest BCUT2D eigenvalue weighted by Gasteiger charge is 2.16. The summed E-state index contributed by atoms with van der Waals surface area (Å²) < 4.78 is 26.6. The van der Waals surface area contributed by atoms with E-state index in [1.165, 1.54) is 36.4 Å². The fraction of sp³-hybridized carbons (Fsp3) is 0.200. The summed E-state index contributed by atoms with van der Waals surface area (Å²) in [5.74, 6) is 0. The van der Waals surface area contributed by atoms with Crippen LogP contribution in [-0.2, 0) is 10.0 Å². The van der Waals surface area contributed by atoms with Crippen molar-refractivity contribution in [3.63, 3.8) is 0 Å². The van der Waals surface area contributed by atoms with Gasteiger partial charge in [0.25, 0.3) is 5.69 Å². The first kappa shape index (κ1) is 19.5. The van der Waals surface area contributed by atoms with Crippen LogP contribution in [0.2, 0.25) is 10.0 Å². The van der Waals surface area contributed by atoms with E-state index in [9.17, 15) is 18.5 Å². The molecule has 25 heavy (non-hydrogen) atoms. The summed E-state index contributed by atoms with van der Waals surface area (Å²) in [4.78, 5) is 10.6. The molecule has 0 fully saturated rings. The molecule has 0 radical (unpaired) electrons. The first-order chi connectivity index (χ1) is 11.8. The molecule has 2 aromatic rings. The molecule has 0 bridgehead atoms. The second kappa shape index (κ2) is 8.48. The lowest BCUT2D eigenvalue weighted by molar-refractivity contribution is -0.383. The van der Waals surface area contributed by atoms with Crippen molar-refractivity contribution in [3.05, 3.63) is 62.6 Å². The van der Waals surface area contributed by atoms with Crippen LogP contribution in [0.1, 0.15) is 6.42 Å². The number of sulfonamides is 1. The topological polar surface area (TPSA) is 101 Å². The zero-order valence-corrected chi connectivity index (χ0v) is 15.2. The number of nitro benzene ring substituents is 1. The van der Waals surface area contributed by atoms with Crippen LogP contribution >= 0.6 is 23.2 Å². The monoisotopic (exact) mass is 403 g/mol. The normalized spacial score (nSPS) is 11.3. The number of nitro groups is 1. The van der Waals surface area contributed by atoms with Gasteiger partial charge in [0, 0.05) is 24.2 Å². The van der Waals surface area contributed by atoms with Gasteiger partial charge in [0.2, 0.25) is 10.0 Å². The van der Waals surface area contributed by atoms with E-state index < -0.39 is 14.9 Å². The molecule has 0 aromatic heterocycles. The number of para-hydroxylation sites is 1. The number of benzene rings is 2. The van der Waals surface area contributed by atoms with Crippen molar-refractivity contribution in [1.29, 1.82) is 0 Å². The summed E-state index contributed by atoms with van der Waals surface area (Å²) in [6, 6.07) is 10.2. The summed E-state index contributed by atoms with van der Waals surface area (Å²) in [6.07, 6.45) is 0.412. The Kier molecular flexibility index (Phi) is 6.60. The maximum atomic E-state index is 12.1. The van der Waals surface area contributed by atoms with E-state index in [1.807, 2.05) is 0 Å². The molecule has 0 amide bonds.